The third kappa shape index (κ3) is 5.41. The molecule has 1 aromatic heterocycles. The van der Waals surface area contributed by atoms with Crippen molar-refractivity contribution in [1.82, 2.24) is 4.31 Å². The van der Waals surface area contributed by atoms with E-state index < -0.39 is 15.6 Å². The Balaban J connectivity index is 1.40. The number of methoxy groups -OCH3 is 1. The van der Waals surface area contributed by atoms with E-state index in [1.807, 2.05) is 13.0 Å². The quantitative estimate of drug-likeness (QED) is 0.492. The van der Waals surface area contributed by atoms with E-state index in [1.54, 1.807) is 31.4 Å². The van der Waals surface area contributed by atoms with Gasteiger partial charge in [0.05, 0.1) is 12.0 Å². The fourth-order valence-electron chi connectivity index (χ4n) is 4.34. The van der Waals surface area contributed by atoms with Gasteiger partial charge in [0.2, 0.25) is 15.9 Å². The van der Waals surface area contributed by atoms with Crippen molar-refractivity contribution in [3.63, 3.8) is 0 Å². The number of nitrogens with zero attached hydrogens (tertiary/aromatic N) is 1. The van der Waals surface area contributed by atoms with Gasteiger partial charge in [0.1, 0.15) is 11.3 Å². The average Bonchev–Trinajstić information content (AvgIpc) is 2.84. The lowest BCUT2D eigenvalue weighted by atomic mass is 10.0. The van der Waals surface area contributed by atoms with Crippen molar-refractivity contribution in [2.24, 2.45) is 5.92 Å². The fourth-order valence-corrected chi connectivity index (χ4v) is 5.81. The Hall–Kier alpha value is -3.17. The molecule has 1 aliphatic rings. The monoisotopic (exact) mass is 498 g/mol. The van der Waals surface area contributed by atoms with Gasteiger partial charge in [-0.15, -0.1) is 0 Å². The van der Waals surface area contributed by atoms with Crippen LogP contribution in [0.25, 0.3) is 11.0 Å². The maximum Gasteiger partial charge on any atom is 0.339 e. The number of carbonyl (C=O) groups is 1. The molecule has 0 bridgehead atoms. The van der Waals surface area contributed by atoms with Gasteiger partial charge in [0, 0.05) is 42.2 Å². The largest absolute Gasteiger partial charge is 0.497 e. The first kappa shape index (κ1) is 24.9. The number of anilines is 1. The molecule has 0 saturated carbocycles. The van der Waals surface area contributed by atoms with Crippen LogP contribution >= 0.6 is 0 Å². The lowest BCUT2D eigenvalue weighted by Gasteiger charge is -2.29. The van der Waals surface area contributed by atoms with E-state index >= 15 is 0 Å². The van der Waals surface area contributed by atoms with Crippen molar-refractivity contribution in [2.45, 2.75) is 44.4 Å². The molecule has 1 N–H and O–H groups in total. The number of nitrogens with one attached hydrogen (secondary N) is 1. The molecule has 0 radical (unpaired) electrons. The summed E-state index contributed by atoms with van der Waals surface area (Å²) in [6.07, 6.45) is 2.02. The summed E-state index contributed by atoms with van der Waals surface area (Å²) >= 11 is 0. The Morgan fingerprint density at radius 3 is 2.49 bits per heavy atom. The van der Waals surface area contributed by atoms with Crippen LogP contribution in [0.4, 0.5) is 5.69 Å². The van der Waals surface area contributed by atoms with Crippen LogP contribution in [0.2, 0.25) is 0 Å². The van der Waals surface area contributed by atoms with Crippen molar-refractivity contribution in [1.29, 1.82) is 0 Å². The van der Waals surface area contributed by atoms with Crippen molar-refractivity contribution in [2.75, 3.05) is 25.5 Å². The molecular weight excluding hydrogens is 468 g/mol. The molecule has 3 aromatic rings. The van der Waals surface area contributed by atoms with Gasteiger partial charge >= 0.3 is 5.63 Å². The minimum absolute atomic E-state index is 0.0826. The van der Waals surface area contributed by atoms with E-state index in [0.29, 0.717) is 41.6 Å². The Kier molecular flexibility index (Phi) is 7.28. The van der Waals surface area contributed by atoms with Gasteiger partial charge in [-0.25, -0.2) is 13.2 Å². The van der Waals surface area contributed by atoms with E-state index in [0.717, 1.165) is 23.8 Å². The summed E-state index contributed by atoms with van der Waals surface area (Å²) in [5.74, 6) is 0.850. The molecule has 4 rings (SSSR count). The first-order valence-electron chi connectivity index (χ1n) is 11.7. The normalized spacial score (nSPS) is 15.3. The third-order valence-corrected chi connectivity index (χ3v) is 8.53. The Morgan fingerprint density at radius 1 is 1.14 bits per heavy atom. The summed E-state index contributed by atoms with van der Waals surface area (Å²) in [5.41, 5.74) is 1.69. The summed E-state index contributed by atoms with van der Waals surface area (Å²) in [5, 5.41) is 3.56. The van der Waals surface area contributed by atoms with Crippen molar-refractivity contribution >= 4 is 32.6 Å². The lowest BCUT2D eigenvalue weighted by Crippen LogP contribution is -2.37. The highest BCUT2D eigenvalue weighted by Gasteiger charge is 2.28. The molecule has 35 heavy (non-hydrogen) atoms. The van der Waals surface area contributed by atoms with E-state index in [4.69, 9.17) is 9.15 Å². The molecular formula is C26H30N2O6S. The molecule has 9 heteroatoms. The second-order valence-corrected chi connectivity index (χ2v) is 11.0. The van der Waals surface area contributed by atoms with Crippen molar-refractivity contribution in [3.05, 3.63) is 64.0 Å². The molecule has 8 nitrogen and oxygen atoms in total. The number of ether oxygens (including phenoxy) is 1. The molecule has 186 valence electrons. The molecule has 0 unspecified atom stereocenters. The molecule has 1 saturated heterocycles. The molecule has 1 amide bonds. The number of aryl methyl sites for hydroxylation is 1. The first-order chi connectivity index (χ1) is 16.7. The molecule has 0 aliphatic carbocycles. The van der Waals surface area contributed by atoms with Crippen LogP contribution in [-0.2, 0) is 21.2 Å². The molecule has 0 spiro atoms. The number of hydrogen-bond donors (Lipinski definition) is 1. The SMILES string of the molecule is COc1ccc2c(C)c(CCC(=O)Nc3ccc(S(=O)(=O)N4CCC(C)CC4)cc3)c(=O)oc2c1. The van der Waals surface area contributed by atoms with Gasteiger partial charge in [0.25, 0.3) is 0 Å². The zero-order chi connectivity index (χ0) is 25.2. The second-order valence-electron chi connectivity index (χ2n) is 9.01. The number of benzene rings is 2. The van der Waals surface area contributed by atoms with Crippen LogP contribution in [0.15, 0.2) is 56.6 Å². The summed E-state index contributed by atoms with van der Waals surface area (Å²) in [6, 6.07) is 11.5. The molecule has 0 atom stereocenters. The predicted octanol–water partition coefficient (Wildman–Crippen LogP) is 4.10. The fraction of sp³-hybridized carbons (Fsp3) is 0.385. The van der Waals surface area contributed by atoms with Crippen LogP contribution in [-0.4, -0.2) is 38.8 Å². The van der Waals surface area contributed by atoms with Crippen molar-refractivity contribution in [3.8, 4) is 5.75 Å². The van der Waals surface area contributed by atoms with Crippen LogP contribution in [0.1, 0.15) is 37.3 Å². The highest BCUT2D eigenvalue weighted by molar-refractivity contribution is 7.89. The van der Waals surface area contributed by atoms with E-state index in [9.17, 15) is 18.0 Å². The summed E-state index contributed by atoms with van der Waals surface area (Å²) in [4.78, 5) is 25.2. The smallest absolute Gasteiger partial charge is 0.339 e. The number of sulfonamides is 1. The summed E-state index contributed by atoms with van der Waals surface area (Å²) in [6.45, 7) is 5.02. The topological polar surface area (TPSA) is 106 Å². The minimum Gasteiger partial charge on any atom is -0.497 e. The summed E-state index contributed by atoms with van der Waals surface area (Å²) in [7, 11) is -2.00. The maximum atomic E-state index is 12.9. The molecule has 2 aromatic carbocycles. The number of piperidine rings is 1. The van der Waals surface area contributed by atoms with Gasteiger partial charge in [-0.3, -0.25) is 4.79 Å². The zero-order valence-electron chi connectivity index (χ0n) is 20.2. The van der Waals surface area contributed by atoms with E-state index in [1.165, 1.54) is 16.4 Å². The molecule has 1 fully saturated rings. The number of carbonyl (C=O) groups excluding carboxylic acids is 1. The van der Waals surface area contributed by atoms with Gasteiger partial charge in [-0.2, -0.15) is 4.31 Å². The number of hydrogen-bond acceptors (Lipinski definition) is 6. The van der Waals surface area contributed by atoms with Crippen LogP contribution in [0.3, 0.4) is 0 Å². The van der Waals surface area contributed by atoms with E-state index in [2.05, 4.69) is 12.2 Å². The first-order valence-corrected chi connectivity index (χ1v) is 13.1. The second kappa shape index (κ2) is 10.2. The Morgan fingerprint density at radius 2 is 1.83 bits per heavy atom. The lowest BCUT2D eigenvalue weighted by molar-refractivity contribution is -0.116. The molecule has 2 heterocycles. The van der Waals surface area contributed by atoms with Gasteiger partial charge in [-0.05, 0) is 74.1 Å². The van der Waals surface area contributed by atoms with Crippen molar-refractivity contribution < 1.29 is 22.4 Å². The highest BCUT2D eigenvalue weighted by Crippen LogP contribution is 2.26. The van der Waals surface area contributed by atoms with Gasteiger partial charge < -0.3 is 14.5 Å². The third-order valence-electron chi connectivity index (χ3n) is 6.62. The average molecular weight is 499 g/mol. The Labute approximate surface area is 204 Å². The van der Waals surface area contributed by atoms with E-state index in [-0.39, 0.29) is 23.6 Å². The minimum atomic E-state index is -3.54. The highest BCUT2D eigenvalue weighted by atomic mass is 32.2. The number of amides is 1. The van der Waals surface area contributed by atoms with Gasteiger partial charge in [-0.1, -0.05) is 6.92 Å². The standard InChI is InChI=1S/C26H30N2O6S/c1-17-12-14-28(15-13-17)35(31,32)21-7-4-19(5-8-21)27-25(29)11-10-23-18(2)22-9-6-20(33-3)16-24(22)34-26(23)30/h4-9,16-17H,10-15H2,1-3H3,(H,27,29). The van der Waals surface area contributed by atoms with Crippen LogP contribution < -0.4 is 15.7 Å². The van der Waals surface area contributed by atoms with Crippen LogP contribution in [0.5, 0.6) is 5.75 Å². The number of fused-ring (bicyclic) bond motifs is 1. The Bertz CT molecular complexity index is 1390. The number of rotatable bonds is 7. The maximum absolute atomic E-state index is 12.9. The van der Waals surface area contributed by atoms with Crippen LogP contribution in [0, 0.1) is 12.8 Å². The molecule has 1 aliphatic heterocycles. The summed E-state index contributed by atoms with van der Waals surface area (Å²) < 4.78 is 37.9. The van der Waals surface area contributed by atoms with Gasteiger partial charge in [0.15, 0.2) is 0 Å². The predicted molar refractivity (Wildman–Crippen MR) is 134 cm³/mol. The zero-order valence-corrected chi connectivity index (χ0v) is 21.0.